The third-order valence-corrected chi connectivity index (χ3v) is 3.26. The Kier molecular flexibility index (Phi) is 6.00. The van der Waals surface area contributed by atoms with E-state index in [1.54, 1.807) is 6.07 Å². The average Bonchev–Trinajstić information content (AvgIpc) is 2.32. The second kappa shape index (κ2) is 7.07. The Morgan fingerprint density at radius 2 is 2.00 bits per heavy atom. The Bertz CT molecular complexity index is 464. The standard InChI is InChI=1S/C16H25ClN2O/c1-11(2)7-6-8-18-15(20)12-9-13(16(3,4)5)19-14(17)10-12/h9-11H,6-8H2,1-5H3,(H,18,20). The second-order valence-electron chi connectivity index (χ2n) is 6.61. The van der Waals surface area contributed by atoms with Crippen LogP contribution in [0.4, 0.5) is 0 Å². The minimum absolute atomic E-state index is 0.0800. The Hall–Kier alpha value is -1.09. The number of nitrogens with zero attached hydrogens (tertiary/aromatic N) is 1. The molecule has 0 saturated heterocycles. The van der Waals surface area contributed by atoms with Crippen LogP contribution in [0.1, 0.15) is 63.5 Å². The van der Waals surface area contributed by atoms with Crippen LogP contribution < -0.4 is 5.32 Å². The van der Waals surface area contributed by atoms with E-state index in [0.29, 0.717) is 23.2 Å². The summed E-state index contributed by atoms with van der Waals surface area (Å²) in [7, 11) is 0. The Morgan fingerprint density at radius 1 is 1.35 bits per heavy atom. The summed E-state index contributed by atoms with van der Waals surface area (Å²) in [6.07, 6.45) is 2.11. The number of carbonyl (C=O) groups excluding carboxylic acids is 1. The molecule has 1 rings (SSSR count). The molecule has 0 aromatic carbocycles. The van der Waals surface area contributed by atoms with E-state index in [9.17, 15) is 4.79 Å². The van der Waals surface area contributed by atoms with Crippen LogP contribution in [0.5, 0.6) is 0 Å². The van der Waals surface area contributed by atoms with Crippen LogP contribution in [0.25, 0.3) is 0 Å². The molecule has 1 N–H and O–H groups in total. The first-order valence-electron chi connectivity index (χ1n) is 7.16. The smallest absolute Gasteiger partial charge is 0.251 e. The van der Waals surface area contributed by atoms with E-state index in [4.69, 9.17) is 11.6 Å². The fourth-order valence-corrected chi connectivity index (χ4v) is 2.04. The van der Waals surface area contributed by atoms with E-state index in [1.165, 1.54) is 0 Å². The molecule has 0 radical (unpaired) electrons. The van der Waals surface area contributed by atoms with Gasteiger partial charge in [-0.2, -0.15) is 0 Å². The number of halogens is 1. The van der Waals surface area contributed by atoms with Gasteiger partial charge in [0.1, 0.15) is 5.15 Å². The zero-order valence-corrected chi connectivity index (χ0v) is 13.8. The lowest BCUT2D eigenvalue weighted by atomic mass is 9.91. The molecule has 0 fully saturated rings. The van der Waals surface area contributed by atoms with Gasteiger partial charge < -0.3 is 5.32 Å². The predicted molar refractivity (Wildman–Crippen MR) is 84.4 cm³/mol. The number of nitrogens with one attached hydrogen (secondary N) is 1. The molecule has 0 saturated carbocycles. The predicted octanol–water partition coefficient (Wildman–Crippen LogP) is 4.20. The monoisotopic (exact) mass is 296 g/mol. The first-order valence-corrected chi connectivity index (χ1v) is 7.54. The molecule has 0 spiro atoms. The molecule has 3 nitrogen and oxygen atoms in total. The summed E-state index contributed by atoms with van der Waals surface area (Å²) in [4.78, 5) is 16.4. The molecule has 4 heteroatoms. The molecular weight excluding hydrogens is 272 g/mol. The van der Waals surface area contributed by atoms with Crippen molar-refractivity contribution in [1.82, 2.24) is 10.3 Å². The van der Waals surface area contributed by atoms with Gasteiger partial charge in [-0.05, 0) is 30.9 Å². The van der Waals surface area contributed by atoms with Crippen molar-refractivity contribution in [3.63, 3.8) is 0 Å². The largest absolute Gasteiger partial charge is 0.352 e. The molecule has 1 heterocycles. The van der Waals surface area contributed by atoms with Crippen molar-refractivity contribution < 1.29 is 4.79 Å². The summed E-state index contributed by atoms with van der Waals surface area (Å²) >= 11 is 6.01. The summed E-state index contributed by atoms with van der Waals surface area (Å²) in [6, 6.07) is 3.44. The second-order valence-corrected chi connectivity index (χ2v) is 6.99. The van der Waals surface area contributed by atoms with E-state index in [2.05, 4.69) is 44.9 Å². The highest BCUT2D eigenvalue weighted by Gasteiger charge is 2.18. The third-order valence-electron chi connectivity index (χ3n) is 3.07. The molecule has 0 aliphatic rings. The van der Waals surface area contributed by atoms with Gasteiger partial charge in [-0.15, -0.1) is 0 Å². The van der Waals surface area contributed by atoms with E-state index in [0.717, 1.165) is 18.5 Å². The number of amides is 1. The minimum Gasteiger partial charge on any atom is -0.352 e. The number of hydrogen-bond acceptors (Lipinski definition) is 2. The Morgan fingerprint density at radius 3 is 2.55 bits per heavy atom. The number of carbonyl (C=O) groups is 1. The van der Waals surface area contributed by atoms with Gasteiger partial charge in [0.15, 0.2) is 0 Å². The number of rotatable bonds is 5. The molecule has 0 aliphatic heterocycles. The first kappa shape index (κ1) is 17.0. The van der Waals surface area contributed by atoms with Gasteiger partial charge in [-0.3, -0.25) is 4.79 Å². The summed E-state index contributed by atoms with van der Waals surface area (Å²) in [5, 5.41) is 3.30. The van der Waals surface area contributed by atoms with Crippen molar-refractivity contribution in [3.8, 4) is 0 Å². The zero-order valence-electron chi connectivity index (χ0n) is 13.1. The van der Waals surface area contributed by atoms with Crippen molar-refractivity contribution in [1.29, 1.82) is 0 Å². The summed E-state index contributed by atoms with van der Waals surface area (Å²) in [5.74, 6) is 0.582. The molecule has 1 aromatic heterocycles. The van der Waals surface area contributed by atoms with Gasteiger partial charge in [-0.1, -0.05) is 46.2 Å². The molecule has 1 amide bonds. The van der Waals surface area contributed by atoms with Crippen molar-refractivity contribution in [2.75, 3.05) is 6.54 Å². The highest BCUT2D eigenvalue weighted by Crippen LogP contribution is 2.23. The van der Waals surface area contributed by atoms with Gasteiger partial charge in [-0.25, -0.2) is 4.98 Å². The van der Waals surface area contributed by atoms with Crippen LogP contribution in [-0.2, 0) is 5.41 Å². The van der Waals surface area contributed by atoms with Crippen LogP contribution in [0.3, 0.4) is 0 Å². The maximum Gasteiger partial charge on any atom is 0.251 e. The highest BCUT2D eigenvalue weighted by atomic mass is 35.5. The molecule has 0 atom stereocenters. The third kappa shape index (κ3) is 5.49. The molecule has 0 bridgehead atoms. The topological polar surface area (TPSA) is 42.0 Å². The number of hydrogen-bond donors (Lipinski definition) is 1. The van der Waals surface area contributed by atoms with Crippen molar-refractivity contribution in [2.45, 2.75) is 52.9 Å². The van der Waals surface area contributed by atoms with Gasteiger partial charge in [0.2, 0.25) is 0 Å². The molecule has 0 aliphatic carbocycles. The molecule has 112 valence electrons. The van der Waals surface area contributed by atoms with Gasteiger partial charge in [0.05, 0.1) is 0 Å². The SMILES string of the molecule is CC(C)CCCNC(=O)c1cc(Cl)nc(C(C)(C)C)c1. The van der Waals surface area contributed by atoms with Crippen LogP contribution in [0.15, 0.2) is 12.1 Å². The van der Waals surface area contributed by atoms with Crippen molar-refractivity contribution in [3.05, 3.63) is 28.5 Å². The average molecular weight is 297 g/mol. The van der Waals surface area contributed by atoms with Crippen molar-refractivity contribution >= 4 is 17.5 Å². The van der Waals surface area contributed by atoms with E-state index >= 15 is 0 Å². The van der Waals surface area contributed by atoms with Crippen LogP contribution in [-0.4, -0.2) is 17.4 Å². The number of pyridine rings is 1. The van der Waals surface area contributed by atoms with Crippen LogP contribution in [0.2, 0.25) is 5.15 Å². The normalized spacial score (nSPS) is 11.8. The molecule has 1 aromatic rings. The Balaban J connectivity index is 2.71. The zero-order chi connectivity index (χ0) is 15.3. The summed E-state index contributed by atoms with van der Waals surface area (Å²) in [5.41, 5.74) is 1.29. The van der Waals surface area contributed by atoms with E-state index in [1.807, 2.05) is 6.07 Å². The quantitative estimate of drug-likeness (QED) is 0.653. The number of aromatic nitrogens is 1. The maximum atomic E-state index is 12.1. The lowest BCUT2D eigenvalue weighted by Crippen LogP contribution is -2.25. The summed E-state index contributed by atoms with van der Waals surface area (Å²) < 4.78 is 0. The van der Waals surface area contributed by atoms with Gasteiger partial charge >= 0.3 is 0 Å². The molecule has 20 heavy (non-hydrogen) atoms. The van der Waals surface area contributed by atoms with Gasteiger partial charge in [0.25, 0.3) is 5.91 Å². The fourth-order valence-electron chi connectivity index (χ4n) is 1.83. The highest BCUT2D eigenvalue weighted by molar-refractivity contribution is 6.29. The van der Waals surface area contributed by atoms with Crippen molar-refractivity contribution in [2.24, 2.45) is 5.92 Å². The summed E-state index contributed by atoms with van der Waals surface area (Å²) in [6.45, 7) is 11.2. The van der Waals surface area contributed by atoms with E-state index in [-0.39, 0.29) is 11.3 Å². The van der Waals surface area contributed by atoms with Crippen LogP contribution in [0, 0.1) is 5.92 Å². The Labute approximate surface area is 127 Å². The maximum absolute atomic E-state index is 12.1. The van der Waals surface area contributed by atoms with E-state index < -0.39 is 0 Å². The van der Waals surface area contributed by atoms with Gasteiger partial charge in [0, 0.05) is 23.2 Å². The molecular formula is C16H25ClN2O. The first-order chi connectivity index (χ1) is 9.20. The fraction of sp³-hybridized carbons (Fsp3) is 0.625. The molecule has 0 unspecified atom stereocenters. The lowest BCUT2D eigenvalue weighted by Gasteiger charge is -2.18. The lowest BCUT2D eigenvalue weighted by molar-refractivity contribution is 0.0952. The van der Waals surface area contributed by atoms with Crippen LogP contribution >= 0.6 is 11.6 Å². The minimum atomic E-state index is -0.127.